The van der Waals surface area contributed by atoms with Gasteiger partial charge in [-0.2, -0.15) is 0 Å². The van der Waals surface area contributed by atoms with E-state index in [4.69, 9.17) is 4.98 Å². The van der Waals surface area contributed by atoms with Gasteiger partial charge in [-0.15, -0.1) is 5.10 Å². The number of rotatable bonds is 8. The van der Waals surface area contributed by atoms with Gasteiger partial charge in [0.1, 0.15) is 5.82 Å². The van der Waals surface area contributed by atoms with Crippen molar-refractivity contribution in [2.24, 2.45) is 0 Å². The van der Waals surface area contributed by atoms with Crippen LogP contribution in [0.3, 0.4) is 0 Å². The zero-order valence-corrected chi connectivity index (χ0v) is 27.6. The predicted octanol–water partition coefficient (Wildman–Crippen LogP) is 6.92. The number of aryl methyl sites for hydroxylation is 1. The van der Waals surface area contributed by atoms with Crippen molar-refractivity contribution in [1.82, 2.24) is 34.3 Å². The summed E-state index contributed by atoms with van der Waals surface area (Å²) in [7, 11) is 0. The molecule has 0 unspecified atom stereocenters. The van der Waals surface area contributed by atoms with Gasteiger partial charge in [-0.3, -0.25) is 9.69 Å². The summed E-state index contributed by atoms with van der Waals surface area (Å²) in [6, 6.07) is 31.4. The number of benzene rings is 3. The zero-order chi connectivity index (χ0) is 32.0. The molecule has 2 aromatic heterocycles. The fourth-order valence-corrected chi connectivity index (χ4v) is 9.11. The molecule has 47 heavy (non-hydrogen) atoms. The zero-order valence-electron chi connectivity index (χ0n) is 27.6. The number of piperidine rings is 2. The second-order valence-corrected chi connectivity index (χ2v) is 13.9. The maximum Gasteiger partial charge on any atom is 0.276 e. The van der Waals surface area contributed by atoms with Gasteiger partial charge >= 0.3 is 0 Å². The number of hydrogen-bond acceptors (Lipinski definition) is 5. The van der Waals surface area contributed by atoms with Crippen molar-refractivity contribution in [3.63, 3.8) is 0 Å². The molecule has 0 N–H and O–H groups in total. The van der Waals surface area contributed by atoms with Gasteiger partial charge in [-0.25, -0.2) is 9.67 Å². The summed E-state index contributed by atoms with van der Waals surface area (Å²) in [6.07, 6.45) is 8.71. The van der Waals surface area contributed by atoms with E-state index >= 15 is 0 Å². The van der Waals surface area contributed by atoms with Crippen LogP contribution in [0.1, 0.15) is 85.5 Å². The van der Waals surface area contributed by atoms with Gasteiger partial charge in [0.2, 0.25) is 0 Å². The van der Waals surface area contributed by atoms with Crippen molar-refractivity contribution in [1.29, 1.82) is 0 Å². The molecule has 8 rings (SSSR count). The molecule has 0 radical (unpaired) electrons. The number of likely N-dealkylation sites (tertiary alicyclic amines) is 1. The first kappa shape index (κ1) is 30.1. The van der Waals surface area contributed by atoms with Crippen LogP contribution >= 0.6 is 0 Å². The first-order valence-corrected chi connectivity index (χ1v) is 17.6. The smallest absolute Gasteiger partial charge is 0.276 e. The second-order valence-electron chi connectivity index (χ2n) is 13.9. The highest BCUT2D eigenvalue weighted by Gasteiger charge is 2.44. The van der Waals surface area contributed by atoms with E-state index in [1.165, 1.54) is 36.8 Å². The quantitative estimate of drug-likeness (QED) is 0.187. The topological polar surface area (TPSA) is 72.1 Å². The van der Waals surface area contributed by atoms with Crippen LogP contribution in [0.25, 0.3) is 16.7 Å². The molecule has 2 bridgehead atoms. The van der Waals surface area contributed by atoms with Gasteiger partial charge in [-0.05, 0) is 100 Å². The van der Waals surface area contributed by atoms with Crippen LogP contribution in [0.5, 0.6) is 0 Å². The van der Waals surface area contributed by atoms with Crippen molar-refractivity contribution in [2.45, 2.75) is 88.8 Å². The third-order valence-corrected chi connectivity index (χ3v) is 11.5. The Morgan fingerprint density at radius 2 is 1.51 bits per heavy atom. The summed E-state index contributed by atoms with van der Waals surface area (Å²) < 4.78 is 4.35. The number of imidazole rings is 1. The molecule has 5 heterocycles. The maximum absolute atomic E-state index is 13.9. The van der Waals surface area contributed by atoms with Crippen LogP contribution in [0.2, 0.25) is 0 Å². The summed E-state index contributed by atoms with van der Waals surface area (Å²) in [5.41, 5.74) is 6.16. The van der Waals surface area contributed by atoms with E-state index in [-0.39, 0.29) is 11.3 Å². The number of aromatic nitrogens is 5. The maximum atomic E-state index is 13.9. The van der Waals surface area contributed by atoms with Crippen molar-refractivity contribution in [3.8, 4) is 5.69 Å². The second kappa shape index (κ2) is 12.4. The Labute approximate surface area is 277 Å². The fourth-order valence-electron chi connectivity index (χ4n) is 9.11. The SMILES string of the molecule is CCc1c(C(=O)N2CCC(CCN3[C@@H]4CC[C@H]3C[C@@H](n3c(C)nc5ccccc53)C4)(c3ccccc3)CC2)nnn1-c1ccccc1. The van der Waals surface area contributed by atoms with Gasteiger partial charge in [0, 0.05) is 31.2 Å². The third-order valence-electron chi connectivity index (χ3n) is 11.5. The molecule has 0 aliphatic carbocycles. The average Bonchev–Trinajstić information content (AvgIpc) is 3.77. The number of hydrogen-bond donors (Lipinski definition) is 0. The van der Waals surface area contributed by atoms with Crippen molar-refractivity contribution in [2.75, 3.05) is 19.6 Å². The minimum Gasteiger partial charge on any atom is -0.337 e. The molecule has 0 spiro atoms. The Bertz CT molecular complexity index is 1840. The van der Waals surface area contributed by atoms with Crippen LogP contribution < -0.4 is 0 Å². The van der Waals surface area contributed by atoms with E-state index < -0.39 is 0 Å². The summed E-state index contributed by atoms with van der Waals surface area (Å²) in [5.74, 6) is 1.15. The molecular formula is C39H45N7O. The average molecular weight is 628 g/mol. The van der Waals surface area contributed by atoms with Crippen LogP contribution in [-0.2, 0) is 11.8 Å². The minimum atomic E-state index is 0.00753. The predicted molar refractivity (Wildman–Crippen MR) is 185 cm³/mol. The van der Waals surface area contributed by atoms with Crippen LogP contribution in [-0.4, -0.2) is 72.0 Å². The van der Waals surface area contributed by atoms with Crippen molar-refractivity contribution >= 4 is 16.9 Å². The lowest BCUT2D eigenvalue weighted by molar-refractivity contribution is 0.0601. The first-order valence-electron chi connectivity index (χ1n) is 17.6. The largest absolute Gasteiger partial charge is 0.337 e. The molecular weight excluding hydrogens is 582 g/mol. The van der Waals surface area contributed by atoms with Gasteiger partial charge in [0.25, 0.3) is 5.91 Å². The number of fused-ring (bicyclic) bond motifs is 3. The monoisotopic (exact) mass is 627 g/mol. The van der Waals surface area contributed by atoms with Crippen LogP contribution in [0.15, 0.2) is 84.9 Å². The Morgan fingerprint density at radius 3 is 2.21 bits per heavy atom. The fraction of sp³-hybridized carbons (Fsp3) is 0.436. The van der Waals surface area contributed by atoms with E-state index in [9.17, 15) is 4.79 Å². The number of carbonyl (C=O) groups excluding carboxylic acids is 1. The van der Waals surface area contributed by atoms with E-state index in [2.05, 4.69) is 88.2 Å². The Morgan fingerprint density at radius 1 is 0.851 bits per heavy atom. The van der Waals surface area contributed by atoms with Crippen LogP contribution in [0.4, 0.5) is 0 Å². The summed E-state index contributed by atoms with van der Waals surface area (Å²) in [6.45, 7) is 6.82. The lowest BCUT2D eigenvalue weighted by atomic mass is 9.70. The molecule has 3 atom stereocenters. The molecule has 0 saturated carbocycles. The molecule has 8 nitrogen and oxygen atoms in total. The van der Waals surface area contributed by atoms with E-state index in [1.54, 1.807) is 0 Å². The lowest BCUT2D eigenvalue weighted by Gasteiger charge is -2.45. The van der Waals surface area contributed by atoms with Gasteiger partial charge in [0.05, 0.1) is 22.4 Å². The van der Waals surface area contributed by atoms with Crippen LogP contribution in [0, 0.1) is 6.92 Å². The van der Waals surface area contributed by atoms with E-state index in [0.29, 0.717) is 30.2 Å². The van der Waals surface area contributed by atoms with Crippen molar-refractivity contribution < 1.29 is 4.79 Å². The number of amides is 1. The Hall–Kier alpha value is -4.30. The molecule has 3 aliphatic rings. The highest BCUT2D eigenvalue weighted by molar-refractivity contribution is 5.93. The standard InChI is InChI=1S/C39H45N7O/c1-3-35-37(41-42-46(35)30-14-8-5-9-15-30)38(47)43-23-20-39(21-24-43,29-12-6-4-7-13-29)22-25-44-31-18-19-32(44)27-33(26-31)45-28(2)40-34-16-10-11-17-36(34)45/h4-17,31-33H,3,18-27H2,1-2H3/t31-,32+,33+. The summed E-state index contributed by atoms with van der Waals surface area (Å²) in [5, 5.41) is 8.81. The lowest BCUT2D eigenvalue weighted by Crippen LogP contribution is -2.49. The molecule has 3 saturated heterocycles. The van der Waals surface area contributed by atoms with Gasteiger partial charge in [-0.1, -0.05) is 72.8 Å². The van der Waals surface area contributed by atoms with Gasteiger partial charge in [0.15, 0.2) is 5.69 Å². The molecule has 5 aromatic rings. The van der Waals surface area contributed by atoms with Crippen molar-refractivity contribution in [3.05, 3.63) is 108 Å². The molecule has 3 aliphatic heterocycles. The number of para-hydroxylation sites is 3. The molecule has 3 fully saturated rings. The third kappa shape index (κ3) is 5.36. The summed E-state index contributed by atoms with van der Waals surface area (Å²) in [4.78, 5) is 23.7. The Kier molecular flexibility index (Phi) is 7.92. The normalized spacial score (nSPS) is 22.6. The Balaban J connectivity index is 0.977. The highest BCUT2D eigenvalue weighted by atomic mass is 16.2. The number of nitrogens with zero attached hydrogens (tertiary/aromatic N) is 7. The molecule has 3 aromatic carbocycles. The van der Waals surface area contributed by atoms with E-state index in [0.717, 1.165) is 61.6 Å². The highest BCUT2D eigenvalue weighted by Crippen LogP contribution is 2.45. The van der Waals surface area contributed by atoms with Gasteiger partial charge < -0.3 is 9.47 Å². The molecule has 242 valence electrons. The first-order chi connectivity index (χ1) is 23.0. The summed E-state index contributed by atoms with van der Waals surface area (Å²) >= 11 is 0. The minimum absolute atomic E-state index is 0.00753. The molecule has 1 amide bonds. The van der Waals surface area contributed by atoms with E-state index in [1.807, 2.05) is 39.9 Å². The molecule has 8 heteroatoms. The number of carbonyl (C=O) groups is 1.